The van der Waals surface area contributed by atoms with Crippen molar-refractivity contribution in [3.05, 3.63) is 206 Å². The van der Waals surface area contributed by atoms with Crippen molar-refractivity contribution in [3.63, 3.8) is 0 Å². The highest BCUT2D eigenvalue weighted by Crippen LogP contribution is 2.42. The van der Waals surface area contributed by atoms with E-state index in [2.05, 4.69) is 191 Å². The molecular weight excluding hydrogens is 681 g/mol. The zero-order chi connectivity index (χ0) is 37.0. The van der Waals surface area contributed by atoms with Crippen LogP contribution in [0.25, 0.3) is 100 Å². The van der Waals surface area contributed by atoms with Crippen molar-refractivity contribution < 1.29 is 0 Å². The van der Waals surface area contributed by atoms with Crippen molar-refractivity contribution in [1.82, 2.24) is 19.1 Å². The molecule has 4 heteroatoms. The molecule has 0 spiro atoms. The smallest absolute Gasteiger partial charge is 0.160 e. The van der Waals surface area contributed by atoms with E-state index in [4.69, 9.17) is 9.97 Å². The molecule has 0 radical (unpaired) electrons. The van der Waals surface area contributed by atoms with Crippen LogP contribution >= 0.6 is 0 Å². The van der Waals surface area contributed by atoms with Gasteiger partial charge in [-0.05, 0) is 59.7 Å². The Morgan fingerprint density at radius 3 is 1.68 bits per heavy atom. The summed E-state index contributed by atoms with van der Waals surface area (Å²) in [5, 5.41) is 4.91. The minimum Gasteiger partial charge on any atom is -0.309 e. The van der Waals surface area contributed by atoms with Gasteiger partial charge in [0.05, 0.1) is 39.1 Å². The van der Waals surface area contributed by atoms with Crippen LogP contribution < -0.4 is 0 Å². The van der Waals surface area contributed by atoms with E-state index in [9.17, 15) is 0 Å². The molecule has 262 valence electrons. The summed E-state index contributed by atoms with van der Waals surface area (Å²) in [4.78, 5) is 10.3. The molecule has 11 aromatic rings. The van der Waals surface area contributed by atoms with Crippen molar-refractivity contribution in [1.29, 1.82) is 0 Å². The van der Waals surface area contributed by atoms with Crippen molar-refractivity contribution in [2.75, 3.05) is 0 Å². The minimum atomic E-state index is 0.699. The van der Waals surface area contributed by atoms with Gasteiger partial charge in [0, 0.05) is 43.9 Å². The summed E-state index contributed by atoms with van der Waals surface area (Å²) in [6, 6.07) is 73.2. The van der Waals surface area contributed by atoms with Crippen LogP contribution in [0.1, 0.15) is 0 Å². The van der Waals surface area contributed by atoms with Crippen LogP contribution in [0.5, 0.6) is 0 Å². The molecule has 3 aromatic heterocycles. The third-order valence-electron chi connectivity index (χ3n) is 10.9. The normalized spacial score (nSPS) is 11.6. The molecule has 0 N–H and O–H groups in total. The molecule has 0 amide bonds. The highest BCUT2D eigenvalue weighted by Gasteiger charge is 2.21. The predicted molar refractivity (Wildman–Crippen MR) is 232 cm³/mol. The van der Waals surface area contributed by atoms with Gasteiger partial charge < -0.3 is 9.13 Å². The molecule has 0 saturated heterocycles. The van der Waals surface area contributed by atoms with Gasteiger partial charge in [0.2, 0.25) is 0 Å². The van der Waals surface area contributed by atoms with Crippen molar-refractivity contribution in [2.24, 2.45) is 0 Å². The number of rotatable bonds is 6. The summed E-state index contributed by atoms with van der Waals surface area (Å²) in [5.41, 5.74) is 14.1. The topological polar surface area (TPSA) is 35.6 Å². The lowest BCUT2D eigenvalue weighted by Crippen LogP contribution is -2.00. The predicted octanol–water partition coefficient (Wildman–Crippen LogP) is 13.3. The zero-order valence-electron chi connectivity index (χ0n) is 30.4. The van der Waals surface area contributed by atoms with E-state index >= 15 is 0 Å². The average molecular weight is 715 g/mol. The summed E-state index contributed by atoms with van der Waals surface area (Å²) in [5.74, 6) is 0.699. The van der Waals surface area contributed by atoms with E-state index in [-0.39, 0.29) is 0 Å². The fourth-order valence-corrected chi connectivity index (χ4v) is 8.46. The number of aromatic nitrogens is 4. The summed E-state index contributed by atoms with van der Waals surface area (Å²) < 4.78 is 4.80. The van der Waals surface area contributed by atoms with Gasteiger partial charge in [0.25, 0.3) is 0 Å². The third kappa shape index (κ3) is 5.15. The quantitative estimate of drug-likeness (QED) is 0.172. The Labute approximate surface area is 324 Å². The van der Waals surface area contributed by atoms with E-state index in [0.29, 0.717) is 5.82 Å². The van der Waals surface area contributed by atoms with E-state index in [1.54, 1.807) is 0 Å². The summed E-state index contributed by atoms with van der Waals surface area (Å²) in [6.45, 7) is 0. The molecule has 0 fully saturated rings. The Balaban J connectivity index is 1.15. The molecule has 0 aliphatic heterocycles. The standard InChI is InChI=1S/C52H34N4/c1-4-17-35(18-5-1)44-34-45(54-52(53-44)36-19-6-2-7-20-36)42-24-11-14-28-47(42)56-48-29-15-12-25-43(48)51-39(26-16-30-49(51)56)37-31-32-41-40-23-10-13-27-46(40)55(50(41)33-37)38-21-8-3-9-22-38/h1-34H. The van der Waals surface area contributed by atoms with Crippen LogP contribution in [0.4, 0.5) is 0 Å². The minimum absolute atomic E-state index is 0.699. The number of benzene rings is 8. The number of hydrogen-bond donors (Lipinski definition) is 0. The first kappa shape index (κ1) is 31.9. The Bertz CT molecular complexity index is 3170. The number of fused-ring (bicyclic) bond motifs is 6. The first-order valence-corrected chi connectivity index (χ1v) is 19.0. The second kappa shape index (κ2) is 13.1. The van der Waals surface area contributed by atoms with Gasteiger partial charge in [-0.2, -0.15) is 0 Å². The zero-order valence-corrected chi connectivity index (χ0v) is 30.4. The molecular formula is C52H34N4. The lowest BCUT2D eigenvalue weighted by molar-refractivity contribution is 1.15. The molecule has 0 atom stereocenters. The Morgan fingerprint density at radius 2 is 0.893 bits per heavy atom. The number of hydrogen-bond acceptors (Lipinski definition) is 2. The monoisotopic (exact) mass is 714 g/mol. The Kier molecular flexibility index (Phi) is 7.46. The van der Waals surface area contributed by atoms with Crippen LogP contribution in [0.2, 0.25) is 0 Å². The molecule has 11 rings (SSSR count). The second-order valence-corrected chi connectivity index (χ2v) is 14.2. The maximum atomic E-state index is 5.25. The first-order valence-electron chi connectivity index (χ1n) is 19.0. The third-order valence-corrected chi connectivity index (χ3v) is 10.9. The molecule has 0 aliphatic rings. The SMILES string of the molecule is c1ccc(-c2cc(-c3ccccc3-n3c4ccccc4c4c(-c5ccc6c7ccccc7n(-c7ccccc7)c6c5)cccc43)nc(-c3ccccc3)n2)cc1. The van der Waals surface area contributed by atoms with E-state index in [1.807, 2.05) is 24.3 Å². The van der Waals surface area contributed by atoms with Crippen LogP contribution in [0.15, 0.2) is 206 Å². The summed E-state index contributed by atoms with van der Waals surface area (Å²) in [7, 11) is 0. The van der Waals surface area contributed by atoms with Crippen LogP contribution in [0.3, 0.4) is 0 Å². The van der Waals surface area contributed by atoms with Gasteiger partial charge in [-0.3, -0.25) is 0 Å². The first-order chi connectivity index (χ1) is 27.8. The maximum absolute atomic E-state index is 5.25. The molecule has 3 heterocycles. The lowest BCUT2D eigenvalue weighted by Gasteiger charge is -2.15. The number of nitrogens with zero attached hydrogens (tertiary/aromatic N) is 4. The van der Waals surface area contributed by atoms with Gasteiger partial charge >= 0.3 is 0 Å². The average Bonchev–Trinajstić information content (AvgIpc) is 3.80. The van der Waals surface area contributed by atoms with Gasteiger partial charge in [-0.1, -0.05) is 158 Å². The molecule has 0 aliphatic carbocycles. The van der Waals surface area contributed by atoms with E-state index in [0.717, 1.165) is 50.5 Å². The fourth-order valence-electron chi connectivity index (χ4n) is 8.46. The molecule has 0 bridgehead atoms. The highest BCUT2D eigenvalue weighted by molar-refractivity contribution is 6.17. The molecule has 8 aromatic carbocycles. The Morgan fingerprint density at radius 1 is 0.321 bits per heavy atom. The summed E-state index contributed by atoms with van der Waals surface area (Å²) in [6.07, 6.45) is 0. The summed E-state index contributed by atoms with van der Waals surface area (Å²) >= 11 is 0. The maximum Gasteiger partial charge on any atom is 0.160 e. The van der Waals surface area contributed by atoms with Crippen molar-refractivity contribution >= 4 is 43.6 Å². The second-order valence-electron chi connectivity index (χ2n) is 14.2. The van der Waals surface area contributed by atoms with Crippen molar-refractivity contribution in [2.45, 2.75) is 0 Å². The number of para-hydroxylation sites is 4. The van der Waals surface area contributed by atoms with Gasteiger partial charge in [0.1, 0.15) is 0 Å². The van der Waals surface area contributed by atoms with Gasteiger partial charge in [-0.25, -0.2) is 9.97 Å². The van der Waals surface area contributed by atoms with E-state index < -0.39 is 0 Å². The highest BCUT2D eigenvalue weighted by atomic mass is 15.0. The van der Waals surface area contributed by atoms with Crippen molar-refractivity contribution in [3.8, 4) is 56.4 Å². The molecule has 4 nitrogen and oxygen atoms in total. The van der Waals surface area contributed by atoms with Gasteiger partial charge in [0.15, 0.2) is 5.82 Å². The Hall–Kier alpha value is -7.56. The molecule has 0 unspecified atom stereocenters. The van der Waals surface area contributed by atoms with Crippen LogP contribution in [0, 0.1) is 0 Å². The van der Waals surface area contributed by atoms with Gasteiger partial charge in [-0.15, -0.1) is 0 Å². The van der Waals surface area contributed by atoms with E-state index in [1.165, 1.54) is 43.7 Å². The van der Waals surface area contributed by atoms with Crippen LogP contribution in [-0.2, 0) is 0 Å². The largest absolute Gasteiger partial charge is 0.309 e. The van der Waals surface area contributed by atoms with Crippen LogP contribution in [-0.4, -0.2) is 19.1 Å². The lowest BCUT2D eigenvalue weighted by atomic mass is 9.98. The molecule has 0 saturated carbocycles. The molecule has 56 heavy (non-hydrogen) atoms. The fraction of sp³-hybridized carbons (Fsp3) is 0.